The molecule has 3 N–H and O–H groups in total. The van der Waals surface area contributed by atoms with E-state index < -0.39 is 33.7 Å². The predicted molar refractivity (Wildman–Crippen MR) is 70.7 cm³/mol. The predicted octanol–water partition coefficient (Wildman–Crippen LogP) is 1.73. The number of nitrogens with two attached hydrogens (primary N) is 1. The highest BCUT2D eigenvalue weighted by molar-refractivity contribution is 5.95. The van der Waals surface area contributed by atoms with Crippen molar-refractivity contribution in [2.75, 3.05) is 6.54 Å². The number of carbonyl (C=O) groups is 1. The Morgan fingerprint density at radius 1 is 1.43 bits per heavy atom. The molecule has 114 valence electrons. The van der Waals surface area contributed by atoms with Crippen molar-refractivity contribution < 1.29 is 18.5 Å². The highest BCUT2D eigenvalue weighted by atomic mass is 19.1. The molecule has 2 unspecified atom stereocenters. The second-order valence-corrected chi connectivity index (χ2v) is 5.05. The fraction of sp³-hybridized carbons (Fsp3) is 0.462. The first kappa shape index (κ1) is 15.3. The molecule has 0 saturated heterocycles. The number of benzene rings is 1. The maximum atomic E-state index is 13.9. The molecule has 0 aliphatic heterocycles. The van der Waals surface area contributed by atoms with E-state index in [1.807, 2.05) is 0 Å². The number of halogens is 2. The molecular formula is C13H15F2N3O3. The quantitative estimate of drug-likeness (QED) is 0.653. The maximum absolute atomic E-state index is 13.9. The summed E-state index contributed by atoms with van der Waals surface area (Å²) in [6.07, 6.45) is 2.44. The van der Waals surface area contributed by atoms with Crippen LogP contribution < -0.4 is 11.1 Å². The third-order valence-electron chi connectivity index (χ3n) is 3.74. The average molecular weight is 299 g/mol. The minimum absolute atomic E-state index is 0.0838. The number of amides is 1. The third-order valence-corrected chi connectivity index (χ3v) is 3.74. The summed E-state index contributed by atoms with van der Waals surface area (Å²) in [4.78, 5) is 21.6. The van der Waals surface area contributed by atoms with Gasteiger partial charge in [-0.05, 0) is 31.4 Å². The van der Waals surface area contributed by atoms with E-state index in [4.69, 9.17) is 5.73 Å². The lowest BCUT2D eigenvalue weighted by Gasteiger charge is -2.19. The van der Waals surface area contributed by atoms with Gasteiger partial charge in [-0.15, -0.1) is 0 Å². The fourth-order valence-corrected chi connectivity index (χ4v) is 2.63. The van der Waals surface area contributed by atoms with Gasteiger partial charge in [0, 0.05) is 6.04 Å². The van der Waals surface area contributed by atoms with Crippen molar-refractivity contribution in [1.82, 2.24) is 5.32 Å². The first-order chi connectivity index (χ1) is 9.93. The van der Waals surface area contributed by atoms with Crippen molar-refractivity contribution in [1.29, 1.82) is 0 Å². The molecule has 1 aromatic rings. The summed E-state index contributed by atoms with van der Waals surface area (Å²) in [5.74, 6) is -3.14. The summed E-state index contributed by atoms with van der Waals surface area (Å²) >= 11 is 0. The largest absolute Gasteiger partial charge is 0.349 e. The SMILES string of the molecule is NCC1CCCC1NC(=O)c1cc(F)cc([N+](=O)[O-])c1F. The summed E-state index contributed by atoms with van der Waals surface area (Å²) in [5.41, 5.74) is 3.87. The van der Waals surface area contributed by atoms with Crippen LogP contribution in [0.15, 0.2) is 12.1 Å². The Balaban J connectivity index is 2.25. The highest BCUT2D eigenvalue weighted by Gasteiger charge is 2.30. The maximum Gasteiger partial charge on any atom is 0.308 e. The monoisotopic (exact) mass is 299 g/mol. The molecule has 0 spiro atoms. The molecule has 1 aliphatic rings. The van der Waals surface area contributed by atoms with Crippen molar-refractivity contribution in [3.8, 4) is 0 Å². The van der Waals surface area contributed by atoms with Gasteiger partial charge in [-0.25, -0.2) is 4.39 Å². The molecular weight excluding hydrogens is 284 g/mol. The molecule has 1 amide bonds. The van der Waals surface area contributed by atoms with Crippen LogP contribution in [0.25, 0.3) is 0 Å². The fourth-order valence-electron chi connectivity index (χ4n) is 2.63. The van der Waals surface area contributed by atoms with E-state index in [9.17, 15) is 23.7 Å². The van der Waals surface area contributed by atoms with Crippen molar-refractivity contribution in [2.24, 2.45) is 11.7 Å². The van der Waals surface area contributed by atoms with Crippen molar-refractivity contribution in [3.05, 3.63) is 39.4 Å². The number of nitro groups is 1. The summed E-state index contributed by atoms with van der Waals surface area (Å²) in [7, 11) is 0. The molecule has 0 heterocycles. The van der Waals surface area contributed by atoms with Gasteiger partial charge in [0.15, 0.2) is 0 Å². The van der Waals surface area contributed by atoms with E-state index in [0.29, 0.717) is 25.1 Å². The van der Waals surface area contributed by atoms with E-state index >= 15 is 0 Å². The van der Waals surface area contributed by atoms with Gasteiger partial charge >= 0.3 is 5.69 Å². The Morgan fingerprint density at radius 2 is 2.14 bits per heavy atom. The topological polar surface area (TPSA) is 98.3 Å². The van der Waals surface area contributed by atoms with Crippen LogP contribution in [-0.2, 0) is 0 Å². The smallest absolute Gasteiger partial charge is 0.308 e. The Bertz CT molecular complexity index is 580. The number of hydrogen-bond acceptors (Lipinski definition) is 4. The Hall–Kier alpha value is -2.09. The zero-order valence-electron chi connectivity index (χ0n) is 11.1. The highest BCUT2D eigenvalue weighted by Crippen LogP contribution is 2.26. The summed E-state index contributed by atoms with van der Waals surface area (Å²) in [6.45, 7) is 0.386. The van der Waals surface area contributed by atoms with Gasteiger partial charge in [0.2, 0.25) is 5.82 Å². The Morgan fingerprint density at radius 3 is 2.76 bits per heavy atom. The van der Waals surface area contributed by atoms with Gasteiger partial charge in [0.1, 0.15) is 5.82 Å². The number of nitro benzene ring substituents is 1. The number of rotatable bonds is 4. The lowest BCUT2D eigenvalue weighted by atomic mass is 10.0. The lowest BCUT2D eigenvalue weighted by Crippen LogP contribution is -2.40. The second kappa shape index (κ2) is 6.13. The number of nitrogens with one attached hydrogen (secondary N) is 1. The molecule has 0 aromatic heterocycles. The first-order valence-corrected chi connectivity index (χ1v) is 6.58. The van der Waals surface area contributed by atoms with Crippen LogP contribution in [0.4, 0.5) is 14.5 Å². The van der Waals surface area contributed by atoms with E-state index in [1.165, 1.54) is 0 Å². The minimum atomic E-state index is -1.33. The number of carbonyl (C=O) groups excluding carboxylic acids is 1. The average Bonchev–Trinajstić information content (AvgIpc) is 2.87. The van der Waals surface area contributed by atoms with Crippen LogP contribution in [0, 0.1) is 27.7 Å². The molecule has 8 heteroatoms. The third kappa shape index (κ3) is 3.15. The normalized spacial score (nSPS) is 21.3. The molecule has 0 radical (unpaired) electrons. The van der Waals surface area contributed by atoms with Gasteiger partial charge in [0.05, 0.1) is 16.6 Å². The van der Waals surface area contributed by atoms with E-state index in [2.05, 4.69) is 5.32 Å². The van der Waals surface area contributed by atoms with Gasteiger partial charge in [-0.3, -0.25) is 14.9 Å². The first-order valence-electron chi connectivity index (χ1n) is 6.58. The second-order valence-electron chi connectivity index (χ2n) is 5.05. The molecule has 21 heavy (non-hydrogen) atoms. The standard InChI is InChI=1S/C13H15F2N3O3/c14-8-4-9(12(15)11(5-8)18(20)21)13(19)17-10-3-1-2-7(10)6-16/h4-5,7,10H,1-3,6,16H2,(H,17,19). The molecule has 1 aromatic carbocycles. The molecule has 2 atom stereocenters. The molecule has 0 bridgehead atoms. The van der Waals surface area contributed by atoms with E-state index in [0.717, 1.165) is 12.8 Å². The lowest BCUT2D eigenvalue weighted by molar-refractivity contribution is -0.387. The zero-order chi connectivity index (χ0) is 15.6. The van der Waals surface area contributed by atoms with Crippen LogP contribution in [0.1, 0.15) is 29.6 Å². The molecule has 1 saturated carbocycles. The van der Waals surface area contributed by atoms with Crippen LogP contribution in [0.2, 0.25) is 0 Å². The molecule has 1 fully saturated rings. The molecule has 6 nitrogen and oxygen atoms in total. The molecule has 2 rings (SSSR count). The van der Waals surface area contributed by atoms with E-state index in [1.54, 1.807) is 0 Å². The molecule has 1 aliphatic carbocycles. The van der Waals surface area contributed by atoms with Crippen LogP contribution >= 0.6 is 0 Å². The number of hydrogen-bond donors (Lipinski definition) is 2. The van der Waals surface area contributed by atoms with Crippen molar-refractivity contribution in [3.63, 3.8) is 0 Å². The summed E-state index contributed by atoms with van der Waals surface area (Å²) in [6, 6.07) is 0.887. The van der Waals surface area contributed by atoms with Gasteiger partial charge in [-0.1, -0.05) is 6.42 Å². The van der Waals surface area contributed by atoms with Crippen LogP contribution in [-0.4, -0.2) is 23.4 Å². The minimum Gasteiger partial charge on any atom is -0.349 e. The van der Waals surface area contributed by atoms with Gasteiger partial charge < -0.3 is 11.1 Å². The number of nitrogens with zero attached hydrogens (tertiary/aromatic N) is 1. The Kier molecular flexibility index (Phi) is 4.46. The van der Waals surface area contributed by atoms with Gasteiger partial charge in [0.25, 0.3) is 5.91 Å². The van der Waals surface area contributed by atoms with Crippen LogP contribution in [0.5, 0.6) is 0 Å². The van der Waals surface area contributed by atoms with Gasteiger partial charge in [-0.2, -0.15) is 4.39 Å². The van der Waals surface area contributed by atoms with E-state index in [-0.39, 0.29) is 12.0 Å². The van der Waals surface area contributed by atoms with Crippen molar-refractivity contribution in [2.45, 2.75) is 25.3 Å². The summed E-state index contributed by atoms with van der Waals surface area (Å²) in [5, 5.41) is 13.2. The van der Waals surface area contributed by atoms with Crippen molar-refractivity contribution >= 4 is 11.6 Å². The zero-order valence-corrected chi connectivity index (χ0v) is 11.1. The Labute approximate surface area is 119 Å². The summed E-state index contributed by atoms with van der Waals surface area (Å²) < 4.78 is 27.2. The van der Waals surface area contributed by atoms with Crippen LogP contribution in [0.3, 0.4) is 0 Å².